The zero-order valence-electron chi connectivity index (χ0n) is 19.6. The maximum absolute atomic E-state index is 12.0. The summed E-state index contributed by atoms with van der Waals surface area (Å²) in [6.45, 7) is 4.95. The Morgan fingerprint density at radius 2 is 1.89 bits per heavy atom. The molecule has 0 bridgehead atoms. The van der Waals surface area contributed by atoms with Gasteiger partial charge in [0.15, 0.2) is 11.7 Å². The molecule has 2 aromatic heterocycles. The molecule has 35 heavy (non-hydrogen) atoms. The highest BCUT2D eigenvalue weighted by Gasteiger charge is 2.33. The third-order valence-electron chi connectivity index (χ3n) is 7.15. The molecule has 1 amide bonds. The normalized spacial score (nSPS) is 18.6. The Morgan fingerprint density at radius 1 is 1.11 bits per heavy atom. The summed E-state index contributed by atoms with van der Waals surface area (Å²) in [5, 5.41) is 11.5. The molecule has 2 N–H and O–H groups in total. The molecule has 0 atom stereocenters. The SMILES string of the molecule is C=CC(=O)N1CCC(N2N=C(Nc3ccc(OC4CCCC4)cc3)c3c[nH]c4ncnc2c34)CC1. The molecule has 1 saturated carbocycles. The van der Waals surface area contributed by atoms with Gasteiger partial charge in [0, 0.05) is 30.5 Å². The van der Waals surface area contributed by atoms with Crippen LogP contribution in [0.3, 0.4) is 0 Å². The molecule has 1 aromatic carbocycles. The van der Waals surface area contributed by atoms with E-state index >= 15 is 0 Å². The number of nitrogens with zero attached hydrogens (tertiary/aromatic N) is 5. The molecule has 3 aromatic rings. The topological polar surface area (TPSA) is 98.7 Å². The van der Waals surface area contributed by atoms with E-state index in [0.29, 0.717) is 19.2 Å². The lowest BCUT2D eigenvalue weighted by Gasteiger charge is -2.37. The lowest BCUT2D eigenvalue weighted by Crippen LogP contribution is -2.46. The Balaban J connectivity index is 1.25. The van der Waals surface area contributed by atoms with Gasteiger partial charge in [-0.2, -0.15) is 5.10 Å². The van der Waals surface area contributed by atoms with Crippen LogP contribution >= 0.6 is 0 Å². The predicted molar refractivity (Wildman–Crippen MR) is 136 cm³/mol. The number of benzene rings is 1. The Labute approximate surface area is 203 Å². The molecule has 9 heteroatoms. The summed E-state index contributed by atoms with van der Waals surface area (Å²) in [5.41, 5.74) is 2.66. The minimum Gasteiger partial charge on any atom is -0.490 e. The van der Waals surface area contributed by atoms with Crippen LogP contribution in [0.4, 0.5) is 11.5 Å². The Hall–Kier alpha value is -3.88. The number of amides is 1. The standard InChI is InChI=1S/C26H29N7O2/c1-2-22(34)32-13-11-18(12-14-32)33-26-23-21(15-27-25(23)28-16-29-26)24(31-33)30-17-7-9-20(10-8-17)35-19-5-3-4-6-19/h2,7-10,15-16,18-19H,1,3-6,11-14H2,(H,30,31)(H,27,28,29). The Bertz CT molecular complexity index is 1270. The average molecular weight is 472 g/mol. The molecule has 3 aliphatic rings. The molecular formula is C26H29N7O2. The van der Waals surface area contributed by atoms with Crippen LogP contribution in [0.1, 0.15) is 44.1 Å². The monoisotopic (exact) mass is 471 g/mol. The van der Waals surface area contributed by atoms with E-state index in [1.165, 1.54) is 18.9 Å². The van der Waals surface area contributed by atoms with Gasteiger partial charge < -0.3 is 19.9 Å². The summed E-state index contributed by atoms with van der Waals surface area (Å²) in [4.78, 5) is 26.1. The molecule has 9 nitrogen and oxygen atoms in total. The van der Waals surface area contributed by atoms with Crippen molar-refractivity contribution in [3.63, 3.8) is 0 Å². The number of aromatic nitrogens is 3. The van der Waals surface area contributed by atoms with E-state index in [1.807, 2.05) is 40.4 Å². The lowest BCUT2D eigenvalue weighted by atomic mass is 10.0. The van der Waals surface area contributed by atoms with Crippen molar-refractivity contribution in [3.8, 4) is 5.75 Å². The first-order valence-corrected chi connectivity index (χ1v) is 12.3. The summed E-state index contributed by atoms with van der Waals surface area (Å²) in [7, 11) is 0. The fourth-order valence-corrected chi connectivity index (χ4v) is 5.27. The number of rotatable bonds is 5. The summed E-state index contributed by atoms with van der Waals surface area (Å²) >= 11 is 0. The van der Waals surface area contributed by atoms with Gasteiger partial charge in [0.05, 0.1) is 17.5 Å². The van der Waals surface area contributed by atoms with Gasteiger partial charge in [-0.1, -0.05) is 6.58 Å². The number of likely N-dealkylation sites (tertiary alicyclic amines) is 1. The second kappa shape index (κ2) is 9.05. The van der Waals surface area contributed by atoms with Gasteiger partial charge in [0.25, 0.3) is 0 Å². The zero-order valence-corrected chi connectivity index (χ0v) is 19.6. The number of amidine groups is 1. The van der Waals surface area contributed by atoms with Crippen molar-refractivity contribution in [3.05, 3.63) is 55.0 Å². The van der Waals surface area contributed by atoms with Crippen molar-refractivity contribution < 1.29 is 9.53 Å². The zero-order chi connectivity index (χ0) is 23.8. The van der Waals surface area contributed by atoms with Crippen molar-refractivity contribution in [2.24, 2.45) is 5.10 Å². The minimum absolute atomic E-state index is 0.0225. The van der Waals surface area contributed by atoms with Gasteiger partial charge in [0.2, 0.25) is 5.91 Å². The van der Waals surface area contributed by atoms with E-state index < -0.39 is 0 Å². The Kier molecular flexibility index (Phi) is 5.60. The maximum Gasteiger partial charge on any atom is 0.245 e. The first kappa shape index (κ1) is 21.6. The number of hydrogen-bond donors (Lipinski definition) is 2. The number of aromatic amines is 1. The molecule has 2 aliphatic heterocycles. The molecular weight excluding hydrogens is 442 g/mol. The number of nitrogens with one attached hydrogen (secondary N) is 2. The average Bonchev–Trinajstić information content (AvgIpc) is 3.58. The van der Waals surface area contributed by atoms with E-state index in [-0.39, 0.29) is 11.9 Å². The first-order chi connectivity index (χ1) is 17.2. The summed E-state index contributed by atoms with van der Waals surface area (Å²) in [6, 6.07) is 8.20. The number of hydrazone groups is 1. The fourth-order valence-electron chi connectivity index (χ4n) is 5.27. The molecule has 0 radical (unpaired) electrons. The number of carbonyl (C=O) groups is 1. The highest BCUT2D eigenvalue weighted by molar-refractivity contribution is 6.19. The summed E-state index contributed by atoms with van der Waals surface area (Å²) in [6.07, 6.45) is 11.6. The first-order valence-electron chi connectivity index (χ1n) is 12.3. The van der Waals surface area contributed by atoms with Crippen LogP contribution < -0.4 is 15.1 Å². The highest BCUT2D eigenvalue weighted by Crippen LogP contribution is 2.35. The van der Waals surface area contributed by atoms with Crippen molar-refractivity contribution in [1.29, 1.82) is 0 Å². The second-order valence-corrected chi connectivity index (χ2v) is 9.35. The molecule has 0 spiro atoms. The van der Waals surface area contributed by atoms with Crippen LogP contribution in [0.15, 0.2) is 54.5 Å². The van der Waals surface area contributed by atoms with Gasteiger partial charge >= 0.3 is 0 Å². The van der Waals surface area contributed by atoms with Gasteiger partial charge in [-0.05, 0) is 68.9 Å². The van der Waals surface area contributed by atoms with Crippen LogP contribution in [0.2, 0.25) is 0 Å². The largest absolute Gasteiger partial charge is 0.490 e. The van der Waals surface area contributed by atoms with E-state index in [9.17, 15) is 4.79 Å². The summed E-state index contributed by atoms with van der Waals surface area (Å²) in [5.74, 6) is 2.42. The number of ether oxygens (including phenoxy) is 1. The number of H-pyrrole nitrogens is 1. The van der Waals surface area contributed by atoms with Crippen LogP contribution in [-0.4, -0.2) is 56.8 Å². The van der Waals surface area contributed by atoms with Crippen LogP contribution in [0, 0.1) is 0 Å². The van der Waals surface area contributed by atoms with Crippen molar-refractivity contribution in [2.75, 3.05) is 23.4 Å². The predicted octanol–water partition coefficient (Wildman–Crippen LogP) is 4.05. The smallest absolute Gasteiger partial charge is 0.245 e. The third kappa shape index (κ3) is 4.11. The van der Waals surface area contributed by atoms with Crippen molar-refractivity contribution >= 4 is 34.3 Å². The quantitative estimate of drug-likeness (QED) is 0.545. The maximum atomic E-state index is 12.0. The van der Waals surface area contributed by atoms with Crippen LogP contribution in [-0.2, 0) is 4.79 Å². The number of piperidine rings is 1. The van der Waals surface area contributed by atoms with Gasteiger partial charge in [-0.15, -0.1) is 0 Å². The fraction of sp³-hybridized carbons (Fsp3) is 0.385. The number of carbonyl (C=O) groups excluding carboxylic acids is 1. The van der Waals surface area contributed by atoms with Crippen molar-refractivity contribution in [2.45, 2.75) is 50.7 Å². The van der Waals surface area contributed by atoms with Gasteiger partial charge in [-0.25, -0.2) is 15.0 Å². The molecule has 6 rings (SSSR count). The minimum atomic E-state index is -0.0225. The molecule has 1 saturated heterocycles. The van der Waals surface area contributed by atoms with Gasteiger partial charge in [-0.3, -0.25) is 4.79 Å². The van der Waals surface area contributed by atoms with Crippen molar-refractivity contribution in [1.82, 2.24) is 19.9 Å². The van der Waals surface area contributed by atoms with E-state index in [2.05, 4.69) is 26.8 Å². The second-order valence-electron chi connectivity index (χ2n) is 9.35. The van der Waals surface area contributed by atoms with E-state index in [0.717, 1.165) is 65.4 Å². The van der Waals surface area contributed by atoms with Crippen LogP contribution in [0.5, 0.6) is 5.75 Å². The summed E-state index contributed by atoms with van der Waals surface area (Å²) < 4.78 is 6.11. The number of anilines is 2. The van der Waals surface area contributed by atoms with E-state index in [1.54, 1.807) is 6.33 Å². The van der Waals surface area contributed by atoms with Gasteiger partial charge in [0.1, 0.15) is 17.7 Å². The molecule has 2 fully saturated rings. The third-order valence-corrected chi connectivity index (χ3v) is 7.15. The van der Waals surface area contributed by atoms with Crippen LogP contribution in [0.25, 0.3) is 11.0 Å². The molecule has 4 heterocycles. The Morgan fingerprint density at radius 3 is 2.63 bits per heavy atom. The molecule has 0 unspecified atom stereocenters. The molecule has 180 valence electrons. The number of hydrogen-bond acceptors (Lipinski definition) is 7. The molecule has 1 aliphatic carbocycles. The highest BCUT2D eigenvalue weighted by atomic mass is 16.5. The van der Waals surface area contributed by atoms with E-state index in [4.69, 9.17) is 9.84 Å². The lowest BCUT2D eigenvalue weighted by molar-refractivity contribution is -0.127.